The molecule has 0 amide bonds. The zero-order valence-corrected chi connectivity index (χ0v) is 18.0. The van der Waals surface area contributed by atoms with Gasteiger partial charge >= 0.3 is 0 Å². The van der Waals surface area contributed by atoms with Gasteiger partial charge in [-0.3, -0.25) is 0 Å². The fraction of sp³-hybridized carbons (Fsp3) is 0.333. The van der Waals surface area contributed by atoms with Gasteiger partial charge in [0.1, 0.15) is 0 Å². The fourth-order valence-electron chi connectivity index (χ4n) is 4.31. The van der Waals surface area contributed by atoms with Gasteiger partial charge in [-0.1, -0.05) is 42.1 Å². The molecule has 0 saturated carbocycles. The molecule has 5 rings (SSSR count). The van der Waals surface area contributed by atoms with Crippen molar-refractivity contribution in [2.24, 2.45) is 5.10 Å². The van der Waals surface area contributed by atoms with Crippen LogP contribution in [-0.4, -0.2) is 45.6 Å². The Balaban J connectivity index is 1.50. The summed E-state index contributed by atoms with van der Waals surface area (Å²) in [6, 6.07) is 12.3. The number of benzene rings is 1. The molecule has 2 aliphatic heterocycles. The molecule has 4 heterocycles. The minimum atomic E-state index is -2.92. The number of hydrogen-bond donors (Lipinski definition) is 0. The molecule has 6 nitrogen and oxygen atoms in total. The lowest BCUT2D eigenvalue weighted by Gasteiger charge is -2.17. The Morgan fingerprint density at radius 3 is 2.69 bits per heavy atom. The van der Waals surface area contributed by atoms with Gasteiger partial charge in [-0.05, 0) is 26.3 Å². The Morgan fingerprint density at radius 2 is 1.97 bits per heavy atom. The normalized spacial score (nSPS) is 20.5. The summed E-state index contributed by atoms with van der Waals surface area (Å²) < 4.78 is 27.9. The second-order valence-corrected chi connectivity index (χ2v) is 10.8. The van der Waals surface area contributed by atoms with Crippen LogP contribution in [0, 0.1) is 13.8 Å². The van der Waals surface area contributed by atoms with E-state index in [1.54, 1.807) is 11.8 Å². The standard InChI is InChI=1S/C21H22N4O2S2/c1-14-10-18(15(2)25(14)17-8-9-29(26,27)13-17)20-12-28-21-22-19(11-24(21)23-20)16-6-4-3-5-7-16/h3-7,10-11,17H,8-9,12-13H2,1-2H3. The first-order chi connectivity index (χ1) is 13.9. The first-order valence-electron chi connectivity index (χ1n) is 9.66. The number of thioether (sulfide) groups is 1. The van der Waals surface area contributed by atoms with Crippen LogP contribution < -0.4 is 0 Å². The van der Waals surface area contributed by atoms with Crippen LogP contribution in [0.25, 0.3) is 11.3 Å². The molecule has 0 N–H and O–H groups in total. The molecule has 8 heteroatoms. The van der Waals surface area contributed by atoms with Crippen molar-refractivity contribution in [2.45, 2.75) is 31.5 Å². The van der Waals surface area contributed by atoms with E-state index in [0.717, 1.165) is 44.8 Å². The SMILES string of the molecule is Cc1cc(C2=Nn3cc(-c4ccccc4)nc3SC2)c(C)n1C1CCS(=O)(=O)C1. The Morgan fingerprint density at radius 1 is 1.17 bits per heavy atom. The number of hydrogen-bond acceptors (Lipinski definition) is 5. The summed E-state index contributed by atoms with van der Waals surface area (Å²) in [6.07, 6.45) is 2.66. The van der Waals surface area contributed by atoms with E-state index in [1.165, 1.54) is 0 Å². The lowest BCUT2D eigenvalue weighted by atomic mass is 10.1. The van der Waals surface area contributed by atoms with Gasteiger partial charge in [-0.25, -0.2) is 18.1 Å². The molecule has 1 saturated heterocycles. The van der Waals surface area contributed by atoms with Gasteiger partial charge in [0.05, 0.1) is 29.1 Å². The first kappa shape index (κ1) is 18.7. The highest BCUT2D eigenvalue weighted by Crippen LogP contribution is 2.32. The van der Waals surface area contributed by atoms with Crippen LogP contribution in [0.2, 0.25) is 0 Å². The zero-order valence-electron chi connectivity index (χ0n) is 16.4. The number of sulfone groups is 1. The second kappa shape index (κ2) is 6.88. The van der Waals surface area contributed by atoms with E-state index in [0.29, 0.717) is 6.42 Å². The fourth-order valence-corrected chi connectivity index (χ4v) is 6.87. The van der Waals surface area contributed by atoms with E-state index >= 15 is 0 Å². The second-order valence-electron chi connectivity index (χ2n) is 7.67. The Hall–Kier alpha value is -2.32. The predicted octanol–water partition coefficient (Wildman–Crippen LogP) is 3.69. The summed E-state index contributed by atoms with van der Waals surface area (Å²) in [5.74, 6) is 1.26. The van der Waals surface area contributed by atoms with Gasteiger partial charge in [-0.15, -0.1) is 0 Å². The Labute approximate surface area is 174 Å². The van der Waals surface area contributed by atoms with Crippen LogP contribution in [0.1, 0.15) is 29.4 Å². The van der Waals surface area contributed by atoms with Gasteiger partial charge in [0.25, 0.3) is 0 Å². The van der Waals surface area contributed by atoms with E-state index < -0.39 is 9.84 Å². The van der Waals surface area contributed by atoms with E-state index in [2.05, 4.69) is 17.6 Å². The molecule has 1 aromatic carbocycles. The van der Waals surface area contributed by atoms with E-state index in [9.17, 15) is 8.42 Å². The van der Waals surface area contributed by atoms with Crippen molar-refractivity contribution in [3.63, 3.8) is 0 Å². The molecule has 1 atom stereocenters. The quantitative estimate of drug-likeness (QED) is 0.641. The molecule has 2 aromatic heterocycles. The van der Waals surface area contributed by atoms with Crippen molar-refractivity contribution in [1.29, 1.82) is 0 Å². The van der Waals surface area contributed by atoms with Crippen LogP contribution in [0.4, 0.5) is 0 Å². The Kier molecular flexibility index (Phi) is 4.43. The van der Waals surface area contributed by atoms with Crippen LogP contribution in [0.5, 0.6) is 0 Å². The number of fused-ring (bicyclic) bond motifs is 1. The molecular formula is C21H22N4O2S2. The molecule has 1 unspecified atom stereocenters. The summed E-state index contributed by atoms with van der Waals surface area (Å²) in [6.45, 7) is 4.12. The van der Waals surface area contributed by atoms with Crippen molar-refractivity contribution in [2.75, 3.05) is 17.3 Å². The number of imidazole rings is 1. The van der Waals surface area contributed by atoms with Crippen molar-refractivity contribution in [3.05, 3.63) is 59.5 Å². The highest BCUT2D eigenvalue weighted by Gasteiger charge is 2.32. The van der Waals surface area contributed by atoms with Gasteiger partial charge in [0, 0.05) is 34.3 Å². The monoisotopic (exact) mass is 426 g/mol. The molecule has 3 aromatic rings. The third-order valence-corrected chi connectivity index (χ3v) is 8.37. The average Bonchev–Trinajstić information content (AvgIpc) is 3.36. The third kappa shape index (κ3) is 3.34. The summed E-state index contributed by atoms with van der Waals surface area (Å²) in [5.41, 5.74) is 6.27. The van der Waals surface area contributed by atoms with E-state index in [4.69, 9.17) is 10.1 Å². The van der Waals surface area contributed by atoms with Gasteiger partial charge in [0.15, 0.2) is 15.0 Å². The van der Waals surface area contributed by atoms with Crippen molar-refractivity contribution >= 4 is 27.3 Å². The predicted molar refractivity (Wildman–Crippen MR) is 117 cm³/mol. The average molecular weight is 427 g/mol. The van der Waals surface area contributed by atoms with Crippen LogP contribution >= 0.6 is 11.8 Å². The number of rotatable bonds is 3. The molecule has 150 valence electrons. The van der Waals surface area contributed by atoms with E-state index in [1.807, 2.05) is 48.1 Å². The maximum atomic E-state index is 12.0. The Bertz CT molecular complexity index is 1220. The van der Waals surface area contributed by atoms with Crippen LogP contribution in [0.3, 0.4) is 0 Å². The molecule has 0 bridgehead atoms. The molecule has 0 spiro atoms. The van der Waals surface area contributed by atoms with Crippen molar-refractivity contribution < 1.29 is 8.42 Å². The third-order valence-electron chi connectivity index (χ3n) is 5.66. The van der Waals surface area contributed by atoms with Crippen molar-refractivity contribution in [3.8, 4) is 11.3 Å². The molecule has 1 fully saturated rings. The number of aromatic nitrogens is 3. The smallest absolute Gasteiger partial charge is 0.189 e. The first-order valence-corrected chi connectivity index (χ1v) is 12.5. The van der Waals surface area contributed by atoms with Crippen molar-refractivity contribution in [1.82, 2.24) is 14.2 Å². The summed E-state index contributed by atoms with van der Waals surface area (Å²) >= 11 is 1.68. The maximum Gasteiger partial charge on any atom is 0.189 e. The van der Waals surface area contributed by atoms with Gasteiger partial charge in [0.2, 0.25) is 0 Å². The summed E-state index contributed by atoms with van der Waals surface area (Å²) in [4.78, 5) is 4.72. The summed E-state index contributed by atoms with van der Waals surface area (Å²) in [5, 5.41) is 5.74. The lowest BCUT2D eigenvalue weighted by Crippen LogP contribution is -2.16. The highest BCUT2D eigenvalue weighted by atomic mass is 32.2. The molecule has 29 heavy (non-hydrogen) atoms. The zero-order chi connectivity index (χ0) is 20.2. The lowest BCUT2D eigenvalue weighted by molar-refractivity contribution is 0.535. The summed E-state index contributed by atoms with van der Waals surface area (Å²) in [7, 11) is -2.92. The molecule has 2 aliphatic rings. The minimum Gasteiger partial charge on any atom is -0.344 e. The van der Waals surface area contributed by atoms with E-state index in [-0.39, 0.29) is 17.5 Å². The minimum absolute atomic E-state index is 0.0269. The van der Waals surface area contributed by atoms with Crippen LogP contribution in [-0.2, 0) is 9.84 Å². The largest absolute Gasteiger partial charge is 0.344 e. The number of aryl methyl sites for hydroxylation is 1. The molecule has 0 radical (unpaired) electrons. The molecular weight excluding hydrogens is 404 g/mol. The maximum absolute atomic E-state index is 12.0. The topological polar surface area (TPSA) is 69.2 Å². The molecule has 0 aliphatic carbocycles. The highest BCUT2D eigenvalue weighted by molar-refractivity contribution is 7.99. The van der Waals surface area contributed by atoms with Crippen LogP contribution in [0.15, 0.2) is 52.9 Å². The number of nitrogens with zero attached hydrogens (tertiary/aromatic N) is 4. The van der Waals surface area contributed by atoms with Gasteiger partial charge in [-0.2, -0.15) is 5.10 Å². The van der Waals surface area contributed by atoms with Gasteiger partial charge < -0.3 is 4.57 Å².